The van der Waals surface area contributed by atoms with E-state index in [1.807, 2.05) is 55.6 Å². The standard InChI is InChI=1S/C26H25N5O2/c1-17-22(25(33)30(2)16-23(32)19-9-4-3-5-10-19)15-28-31(17)26-27-14-20-13-12-18-8-6-7-11-21(18)24(20)29-26/h3-11,14-15,23,32H,12-13,16H2,1-2H3/t23-/m1/s1. The van der Waals surface area contributed by atoms with Gasteiger partial charge in [0.1, 0.15) is 0 Å². The normalized spacial score (nSPS) is 13.2. The zero-order valence-electron chi connectivity index (χ0n) is 18.6. The van der Waals surface area contributed by atoms with Gasteiger partial charge in [-0.25, -0.2) is 14.6 Å². The molecule has 1 aliphatic carbocycles. The summed E-state index contributed by atoms with van der Waals surface area (Å²) in [6.45, 7) is 2.01. The number of hydrogen-bond donors (Lipinski definition) is 1. The number of aryl methyl sites for hydroxylation is 2. The fourth-order valence-electron chi connectivity index (χ4n) is 4.30. The van der Waals surface area contributed by atoms with Gasteiger partial charge in [-0.3, -0.25) is 4.79 Å². The van der Waals surface area contributed by atoms with Gasteiger partial charge in [0.2, 0.25) is 0 Å². The first-order chi connectivity index (χ1) is 16.0. The Balaban J connectivity index is 1.40. The van der Waals surface area contributed by atoms with Gasteiger partial charge >= 0.3 is 0 Å². The number of carbonyl (C=O) groups is 1. The molecule has 7 nitrogen and oxygen atoms in total. The van der Waals surface area contributed by atoms with Crippen molar-refractivity contribution >= 4 is 5.91 Å². The molecule has 0 fully saturated rings. The molecule has 0 aliphatic heterocycles. The number of hydrogen-bond acceptors (Lipinski definition) is 5. The van der Waals surface area contributed by atoms with Crippen LogP contribution in [0.4, 0.5) is 0 Å². The highest BCUT2D eigenvalue weighted by Crippen LogP contribution is 2.31. The third kappa shape index (κ3) is 3.91. The van der Waals surface area contributed by atoms with Crippen molar-refractivity contribution in [2.24, 2.45) is 0 Å². The average molecular weight is 440 g/mol. The van der Waals surface area contributed by atoms with Gasteiger partial charge in [0.25, 0.3) is 11.9 Å². The van der Waals surface area contributed by atoms with Crippen molar-refractivity contribution in [2.75, 3.05) is 13.6 Å². The van der Waals surface area contributed by atoms with Gasteiger partial charge < -0.3 is 10.0 Å². The van der Waals surface area contributed by atoms with Crippen LogP contribution in [0.3, 0.4) is 0 Å². The number of likely N-dealkylation sites (N-methyl/N-ethyl adjacent to an activating group) is 1. The second-order valence-electron chi connectivity index (χ2n) is 8.37. The summed E-state index contributed by atoms with van der Waals surface area (Å²) in [7, 11) is 1.68. The highest BCUT2D eigenvalue weighted by Gasteiger charge is 2.23. The van der Waals surface area contributed by atoms with E-state index in [-0.39, 0.29) is 12.5 Å². The summed E-state index contributed by atoms with van der Waals surface area (Å²) in [6.07, 6.45) is 4.52. The van der Waals surface area contributed by atoms with Crippen molar-refractivity contribution in [3.63, 3.8) is 0 Å². The van der Waals surface area contributed by atoms with Crippen LogP contribution in [0, 0.1) is 6.92 Å². The Morgan fingerprint density at radius 1 is 1.06 bits per heavy atom. The molecule has 0 saturated heterocycles. The lowest BCUT2D eigenvalue weighted by Crippen LogP contribution is -2.31. The van der Waals surface area contributed by atoms with Crippen LogP contribution in [0.25, 0.3) is 17.2 Å². The molecule has 5 rings (SSSR count). The molecule has 1 amide bonds. The van der Waals surface area contributed by atoms with Crippen LogP contribution in [0.2, 0.25) is 0 Å². The highest BCUT2D eigenvalue weighted by atomic mass is 16.3. The zero-order valence-corrected chi connectivity index (χ0v) is 18.6. The summed E-state index contributed by atoms with van der Waals surface area (Å²) in [6, 6.07) is 17.6. The van der Waals surface area contributed by atoms with E-state index in [1.165, 1.54) is 10.5 Å². The first kappa shape index (κ1) is 21.0. The number of aliphatic hydroxyl groups is 1. The Morgan fingerprint density at radius 2 is 1.79 bits per heavy atom. The van der Waals surface area contributed by atoms with Crippen LogP contribution in [0.15, 0.2) is 67.0 Å². The maximum atomic E-state index is 13.1. The molecule has 0 unspecified atom stereocenters. The van der Waals surface area contributed by atoms with E-state index in [9.17, 15) is 9.90 Å². The lowest BCUT2D eigenvalue weighted by Gasteiger charge is -2.21. The van der Waals surface area contributed by atoms with Crippen LogP contribution < -0.4 is 0 Å². The highest BCUT2D eigenvalue weighted by molar-refractivity contribution is 5.95. The molecule has 2 aromatic carbocycles. The smallest absolute Gasteiger partial charge is 0.257 e. The van der Waals surface area contributed by atoms with Crippen molar-refractivity contribution in [1.29, 1.82) is 0 Å². The number of aliphatic hydroxyl groups excluding tert-OH is 1. The van der Waals surface area contributed by atoms with Crippen LogP contribution >= 0.6 is 0 Å². The largest absolute Gasteiger partial charge is 0.387 e. The summed E-state index contributed by atoms with van der Waals surface area (Å²) in [4.78, 5) is 23.9. The van der Waals surface area contributed by atoms with E-state index in [0.717, 1.165) is 35.2 Å². The Labute approximate surface area is 192 Å². The number of rotatable bonds is 5. The quantitative estimate of drug-likeness (QED) is 0.514. The van der Waals surface area contributed by atoms with Gasteiger partial charge in [-0.1, -0.05) is 54.6 Å². The van der Waals surface area contributed by atoms with E-state index >= 15 is 0 Å². The third-order valence-electron chi connectivity index (χ3n) is 6.20. The Hall–Kier alpha value is -3.84. The molecular weight excluding hydrogens is 414 g/mol. The van der Waals surface area contributed by atoms with Crippen molar-refractivity contribution in [1.82, 2.24) is 24.6 Å². The number of aromatic nitrogens is 4. The molecule has 1 atom stereocenters. The minimum atomic E-state index is -0.764. The monoisotopic (exact) mass is 439 g/mol. The number of benzene rings is 2. The van der Waals surface area contributed by atoms with E-state index < -0.39 is 6.10 Å². The van der Waals surface area contributed by atoms with E-state index in [2.05, 4.69) is 22.2 Å². The maximum Gasteiger partial charge on any atom is 0.257 e. The number of carbonyl (C=O) groups excluding carboxylic acids is 1. The summed E-state index contributed by atoms with van der Waals surface area (Å²) in [5.41, 5.74) is 6.33. The molecular formula is C26H25N5O2. The number of nitrogens with zero attached hydrogens (tertiary/aromatic N) is 5. The molecule has 0 saturated carbocycles. The van der Waals surface area contributed by atoms with E-state index in [4.69, 9.17) is 4.98 Å². The van der Waals surface area contributed by atoms with Gasteiger partial charge in [-0.2, -0.15) is 5.10 Å². The van der Waals surface area contributed by atoms with Gasteiger partial charge in [-0.05, 0) is 36.5 Å². The molecule has 7 heteroatoms. The molecule has 2 aromatic heterocycles. The van der Waals surface area contributed by atoms with Gasteiger partial charge in [0.15, 0.2) is 0 Å². The topological polar surface area (TPSA) is 84.1 Å². The van der Waals surface area contributed by atoms with Gasteiger partial charge in [0, 0.05) is 18.8 Å². The van der Waals surface area contributed by atoms with Crippen molar-refractivity contribution in [3.8, 4) is 17.2 Å². The molecule has 166 valence electrons. The number of fused-ring (bicyclic) bond motifs is 3. The Morgan fingerprint density at radius 3 is 2.61 bits per heavy atom. The first-order valence-corrected chi connectivity index (χ1v) is 11.0. The minimum absolute atomic E-state index is 0.180. The summed E-state index contributed by atoms with van der Waals surface area (Å²) >= 11 is 0. The van der Waals surface area contributed by atoms with Gasteiger partial charge in [-0.15, -0.1) is 0 Å². The van der Waals surface area contributed by atoms with Crippen molar-refractivity contribution in [3.05, 3.63) is 94.9 Å². The van der Waals surface area contributed by atoms with E-state index in [1.54, 1.807) is 17.9 Å². The molecule has 1 N–H and O–H groups in total. The summed E-state index contributed by atoms with van der Waals surface area (Å²) in [5.74, 6) is 0.228. The third-order valence-corrected chi connectivity index (χ3v) is 6.20. The molecule has 0 spiro atoms. The molecule has 4 aromatic rings. The first-order valence-electron chi connectivity index (χ1n) is 11.0. The predicted molar refractivity (Wildman–Crippen MR) is 125 cm³/mol. The minimum Gasteiger partial charge on any atom is -0.387 e. The fourth-order valence-corrected chi connectivity index (χ4v) is 4.30. The molecule has 33 heavy (non-hydrogen) atoms. The Kier molecular flexibility index (Phi) is 5.48. The second kappa shape index (κ2) is 8.60. The van der Waals surface area contributed by atoms with Crippen molar-refractivity contribution < 1.29 is 9.90 Å². The molecule has 0 bridgehead atoms. The van der Waals surface area contributed by atoms with Crippen molar-refractivity contribution in [2.45, 2.75) is 25.9 Å². The second-order valence-corrected chi connectivity index (χ2v) is 8.37. The lowest BCUT2D eigenvalue weighted by atomic mass is 9.90. The average Bonchev–Trinajstić information content (AvgIpc) is 3.24. The van der Waals surface area contributed by atoms with E-state index in [0.29, 0.717) is 17.2 Å². The molecule has 2 heterocycles. The van der Waals surface area contributed by atoms with Crippen LogP contribution in [0.5, 0.6) is 0 Å². The predicted octanol–water partition coefficient (Wildman–Crippen LogP) is 3.54. The Bertz CT molecular complexity index is 1320. The van der Waals surface area contributed by atoms with Crippen LogP contribution in [-0.4, -0.2) is 49.3 Å². The summed E-state index contributed by atoms with van der Waals surface area (Å²) < 4.78 is 1.60. The summed E-state index contributed by atoms with van der Waals surface area (Å²) in [5, 5.41) is 14.9. The van der Waals surface area contributed by atoms with Crippen LogP contribution in [-0.2, 0) is 12.8 Å². The maximum absolute atomic E-state index is 13.1. The van der Waals surface area contributed by atoms with Gasteiger partial charge in [0.05, 0.1) is 35.8 Å². The molecule has 0 radical (unpaired) electrons. The van der Waals surface area contributed by atoms with Crippen LogP contribution in [0.1, 0.15) is 38.8 Å². The fraction of sp³-hybridized carbons (Fsp3) is 0.231. The zero-order chi connectivity index (χ0) is 22.9. The lowest BCUT2D eigenvalue weighted by molar-refractivity contribution is 0.0680. The molecule has 1 aliphatic rings. The number of amides is 1. The SMILES string of the molecule is Cc1c(C(=O)N(C)C[C@@H](O)c2ccccc2)cnn1-c1ncc2c(n1)-c1ccccc1CC2.